The standard InChI is InChI=1S/C15H20N4O3S/c1-23(21,22)17-12-5-4-8-19(10-12)15(20)9-13-11-18-7-3-2-6-14(18)16-13/h2-3,6-7,11-12,17H,4-5,8-10H2,1H3/t12-/m1/s1. The summed E-state index contributed by atoms with van der Waals surface area (Å²) in [5.41, 5.74) is 1.53. The highest BCUT2D eigenvalue weighted by Gasteiger charge is 2.25. The largest absolute Gasteiger partial charge is 0.341 e. The van der Waals surface area contributed by atoms with Crippen LogP contribution in [0.1, 0.15) is 18.5 Å². The molecule has 3 rings (SSSR count). The van der Waals surface area contributed by atoms with Crippen molar-refractivity contribution >= 4 is 21.6 Å². The van der Waals surface area contributed by atoms with E-state index >= 15 is 0 Å². The minimum absolute atomic E-state index is 0.0200. The lowest BCUT2D eigenvalue weighted by molar-refractivity contribution is -0.131. The Morgan fingerprint density at radius 2 is 2.26 bits per heavy atom. The first-order chi connectivity index (χ1) is 10.9. The number of nitrogens with one attached hydrogen (secondary N) is 1. The molecule has 0 saturated carbocycles. The number of sulfonamides is 1. The first-order valence-corrected chi connectivity index (χ1v) is 9.47. The summed E-state index contributed by atoms with van der Waals surface area (Å²) in [4.78, 5) is 18.6. The number of aromatic nitrogens is 2. The second-order valence-electron chi connectivity index (χ2n) is 5.94. The Balaban J connectivity index is 1.65. The van der Waals surface area contributed by atoms with Crippen molar-refractivity contribution in [2.45, 2.75) is 25.3 Å². The Kier molecular flexibility index (Phi) is 4.36. The highest BCUT2D eigenvalue weighted by atomic mass is 32.2. The fourth-order valence-corrected chi connectivity index (χ4v) is 3.74. The summed E-state index contributed by atoms with van der Waals surface area (Å²) in [6, 6.07) is 5.50. The first kappa shape index (κ1) is 15.9. The number of hydrogen-bond acceptors (Lipinski definition) is 4. The van der Waals surface area contributed by atoms with Crippen molar-refractivity contribution in [3.05, 3.63) is 36.3 Å². The molecule has 1 atom stereocenters. The van der Waals surface area contributed by atoms with Crippen LogP contribution in [0.15, 0.2) is 30.6 Å². The van der Waals surface area contributed by atoms with Crippen LogP contribution >= 0.6 is 0 Å². The molecule has 0 radical (unpaired) electrons. The number of hydrogen-bond donors (Lipinski definition) is 1. The second-order valence-corrected chi connectivity index (χ2v) is 7.72. The number of nitrogens with zero attached hydrogens (tertiary/aromatic N) is 3. The summed E-state index contributed by atoms with van der Waals surface area (Å²) in [6.45, 7) is 1.08. The van der Waals surface area contributed by atoms with Crippen LogP contribution in [-0.4, -0.2) is 54.0 Å². The van der Waals surface area contributed by atoms with Gasteiger partial charge in [0.1, 0.15) is 5.65 Å². The Labute approximate surface area is 135 Å². The first-order valence-electron chi connectivity index (χ1n) is 7.58. The van der Waals surface area contributed by atoms with Gasteiger partial charge in [0.05, 0.1) is 18.4 Å². The fourth-order valence-electron chi connectivity index (χ4n) is 2.94. The van der Waals surface area contributed by atoms with Gasteiger partial charge in [-0.25, -0.2) is 18.1 Å². The molecule has 1 amide bonds. The second kappa shape index (κ2) is 6.29. The van der Waals surface area contributed by atoms with Crippen LogP contribution in [0, 0.1) is 0 Å². The number of fused-ring (bicyclic) bond motifs is 1. The molecular formula is C15H20N4O3S. The van der Waals surface area contributed by atoms with Gasteiger partial charge in [-0.05, 0) is 25.0 Å². The zero-order chi connectivity index (χ0) is 16.4. The number of likely N-dealkylation sites (tertiary alicyclic amines) is 1. The summed E-state index contributed by atoms with van der Waals surface area (Å²) < 4.78 is 27.1. The zero-order valence-corrected chi connectivity index (χ0v) is 13.8. The number of rotatable bonds is 4. The van der Waals surface area contributed by atoms with Crippen molar-refractivity contribution in [1.29, 1.82) is 0 Å². The Bertz CT molecular complexity index is 782. The SMILES string of the molecule is CS(=O)(=O)N[C@@H]1CCCN(C(=O)Cc2cn3ccccc3n2)C1. The predicted octanol–water partition coefficient (Wildman–Crippen LogP) is 0.417. The maximum absolute atomic E-state index is 12.5. The van der Waals surface area contributed by atoms with Crippen LogP contribution in [-0.2, 0) is 21.2 Å². The third-order valence-corrected chi connectivity index (χ3v) is 4.66. The molecule has 1 fully saturated rings. The number of carbonyl (C=O) groups is 1. The zero-order valence-electron chi connectivity index (χ0n) is 13.0. The van der Waals surface area contributed by atoms with Gasteiger partial charge in [-0.2, -0.15) is 0 Å². The van der Waals surface area contributed by atoms with Gasteiger partial charge in [-0.15, -0.1) is 0 Å². The lowest BCUT2D eigenvalue weighted by atomic mass is 10.1. The van der Waals surface area contributed by atoms with Gasteiger partial charge in [0, 0.05) is 31.5 Å². The van der Waals surface area contributed by atoms with Crippen LogP contribution in [0.5, 0.6) is 0 Å². The molecule has 0 aliphatic carbocycles. The normalized spacial score (nSPS) is 19.2. The van der Waals surface area contributed by atoms with Crippen molar-refractivity contribution in [1.82, 2.24) is 19.0 Å². The van der Waals surface area contributed by atoms with E-state index in [0.717, 1.165) is 30.4 Å². The number of piperidine rings is 1. The van der Waals surface area contributed by atoms with Crippen LogP contribution in [0.3, 0.4) is 0 Å². The molecule has 3 heterocycles. The third kappa shape index (κ3) is 4.08. The molecule has 1 N–H and O–H groups in total. The smallest absolute Gasteiger partial charge is 0.228 e. The summed E-state index contributed by atoms with van der Waals surface area (Å²) in [7, 11) is -3.25. The Morgan fingerprint density at radius 3 is 3.00 bits per heavy atom. The van der Waals surface area contributed by atoms with Crippen LogP contribution in [0.4, 0.5) is 0 Å². The molecule has 7 nitrogen and oxygen atoms in total. The topological polar surface area (TPSA) is 83.8 Å². The van der Waals surface area contributed by atoms with Crippen LogP contribution < -0.4 is 4.72 Å². The molecule has 124 valence electrons. The number of carbonyl (C=O) groups excluding carboxylic acids is 1. The summed E-state index contributed by atoms with van der Waals surface area (Å²) in [5, 5.41) is 0. The molecule has 2 aromatic rings. The summed E-state index contributed by atoms with van der Waals surface area (Å²) in [5.74, 6) is -0.0200. The van der Waals surface area contributed by atoms with E-state index < -0.39 is 10.0 Å². The minimum Gasteiger partial charge on any atom is -0.341 e. The maximum atomic E-state index is 12.5. The van der Waals surface area contributed by atoms with E-state index in [9.17, 15) is 13.2 Å². The van der Waals surface area contributed by atoms with Gasteiger partial charge < -0.3 is 9.30 Å². The number of imidazole rings is 1. The van der Waals surface area contributed by atoms with Gasteiger partial charge >= 0.3 is 0 Å². The van der Waals surface area contributed by atoms with E-state index in [1.807, 2.05) is 35.0 Å². The van der Waals surface area contributed by atoms with E-state index in [4.69, 9.17) is 0 Å². The van der Waals surface area contributed by atoms with E-state index in [1.165, 1.54) is 0 Å². The lowest BCUT2D eigenvalue weighted by Crippen LogP contribution is -2.49. The summed E-state index contributed by atoms with van der Waals surface area (Å²) in [6.07, 6.45) is 6.67. The molecule has 1 aliphatic rings. The average Bonchev–Trinajstić information content (AvgIpc) is 2.87. The highest BCUT2D eigenvalue weighted by molar-refractivity contribution is 7.88. The van der Waals surface area contributed by atoms with Gasteiger partial charge in [-0.3, -0.25) is 4.79 Å². The van der Waals surface area contributed by atoms with Crippen molar-refractivity contribution in [2.75, 3.05) is 19.3 Å². The molecule has 0 bridgehead atoms. The van der Waals surface area contributed by atoms with Crippen molar-refractivity contribution in [2.24, 2.45) is 0 Å². The van der Waals surface area contributed by atoms with Gasteiger partial charge in [0.2, 0.25) is 15.9 Å². The lowest BCUT2D eigenvalue weighted by Gasteiger charge is -2.32. The molecule has 0 spiro atoms. The van der Waals surface area contributed by atoms with Crippen molar-refractivity contribution in [3.8, 4) is 0 Å². The molecule has 2 aromatic heterocycles. The van der Waals surface area contributed by atoms with E-state index in [1.54, 1.807) is 4.90 Å². The van der Waals surface area contributed by atoms with Crippen molar-refractivity contribution < 1.29 is 13.2 Å². The molecule has 1 saturated heterocycles. The van der Waals surface area contributed by atoms with Gasteiger partial charge in [-0.1, -0.05) is 6.07 Å². The molecule has 0 unspecified atom stereocenters. The van der Waals surface area contributed by atoms with E-state index in [2.05, 4.69) is 9.71 Å². The quantitative estimate of drug-likeness (QED) is 0.877. The third-order valence-electron chi connectivity index (χ3n) is 3.90. The Hall–Kier alpha value is -1.93. The fraction of sp³-hybridized carbons (Fsp3) is 0.467. The number of pyridine rings is 1. The molecule has 1 aliphatic heterocycles. The monoisotopic (exact) mass is 336 g/mol. The highest BCUT2D eigenvalue weighted by Crippen LogP contribution is 2.13. The van der Waals surface area contributed by atoms with Crippen molar-refractivity contribution in [3.63, 3.8) is 0 Å². The van der Waals surface area contributed by atoms with E-state index in [-0.39, 0.29) is 18.4 Å². The average molecular weight is 336 g/mol. The predicted molar refractivity (Wildman–Crippen MR) is 86.5 cm³/mol. The van der Waals surface area contributed by atoms with Crippen LogP contribution in [0.2, 0.25) is 0 Å². The van der Waals surface area contributed by atoms with Gasteiger partial charge in [0.15, 0.2) is 0 Å². The minimum atomic E-state index is -3.25. The molecule has 23 heavy (non-hydrogen) atoms. The Morgan fingerprint density at radius 1 is 1.43 bits per heavy atom. The molecule has 8 heteroatoms. The van der Waals surface area contributed by atoms with E-state index in [0.29, 0.717) is 13.1 Å². The number of amides is 1. The van der Waals surface area contributed by atoms with Gasteiger partial charge in [0.25, 0.3) is 0 Å². The van der Waals surface area contributed by atoms with Crippen LogP contribution in [0.25, 0.3) is 5.65 Å². The maximum Gasteiger partial charge on any atom is 0.228 e. The molecule has 0 aromatic carbocycles. The summed E-state index contributed by atoms with van der Waals surface area (Å²) >= 11 is 0. The molecular weight excluding hydrogens is 316 g/mol.